The molecule has 0 saturated carbocycles. The monoisotopic (exact) mass is 375 g/mol. The van der Waals surface area contributed by atoms with Crippen LogP contribution < -0.4 is 15.4 Å². The fourth-order valence-electron chi connectivity index (χ4n) is 2.06. The standard InChI is InChI=1S/C19H16F3N3O2/c1-2-27-17-9-7-16(8-10-17)25-18(26)13(11-23)12-24-15-5-3-14(4-6-15)19(20,21)22/h3-10,12,24H,2H2,1H3,(H,25,26)/b13-12-. The number of nitrogens with one attached hydrogen (secondary N) is 2. The van der Waals surface area contributed by atoms with Crippen LogP contribution >= 0.6 is 0 Å². The first-order chi connectivity index (χ1) is 12.8. The van der Waals surface area contributed by atoms with Crippen LogP contribution in [-0.4, -0.2) is 12.5 Å². The Labute approximate surface area is 154 Å². The van der Waals surface area contributed by atoms with E-state index in [1.54, 1.807) is 30.3 Å². The summed E-state index contributed by atoms with van der Waals surface area (Å²) < 4.78 is 42.9. The van der Waals surface area contributed by atoms with Gasteiger partial charge >= 0.3 is 6.18 Å². The maximum atomic E-state index is 12.5. The zero-order valence-electron chi connectivity index (χ0n) is 14.3. The van der Waals surface area contributed by atoms with Gasteiger partial charge in [-0.2, -0.15) is 18.4 Å². The molecule has 1 amide bonds. The molecule has 2 N–H and O–H groups in total. The second kappa shape index (κ2) is 8.76. The van der Waals surface area contributed by atoms with Crippen molar-refractivity contribution in [3.63, 3.8) is 0 Å². The smallest absolute Gasteiger partial charge is 0.416 e. The number of alkyl halides is 3. The minimum Gasteiger partial charge on any atom is -0.494 e. The van der Waals surface area contributed by atoms with E-state index in [-0.39, 0.29) is 5.57 Å². The van der Waals surface area contributed by atoms with Crippen molar-refractivity contribution in [2.75, 3.05) is 17.2 Å². The van der Waals surface area contributed by atoms with Gasteiger partial charge in [-0.1, -0.05) is 0 Å². The fourth-order valence-corrected chi connectivity index (χ4v) is 2.06. The molecule has 27 heavy (non-hydrogen) atoms. The number of ether oxygens (including phenoxy) is 1. The Kier molecular flexibility index (Phi) is 6.44. The van der Waals surface area contributed by atoms with Gasteiger partial charge in [0, 0.05) is 17.6 Å². The average Bonchev–Trinajstić information content (AvgIpc) is 2.64. The van der Waals surface area contributed by atoms with Crippen LogP contribution in [0.2, 0.25) is 0 Å². The second-order valence-corrected chi connectivity index (χ2v) is 5.30. The first-order valence-electron chi connectivity index (χ1n) is 7.91. The Morgan fingerprint density at radius 1 is 1.11 bits per heavy atom. The summed E-state index contributed by atoms with van der Waals surface area (Å²) in [4.78, 5) is 12.1. The van der Waals surface area contributed by atoms with Crippen LogP contribution in [-0.2, 0) is 11.0 Å². The molecule has 0 aliphatic carbocycles. The minimum atomic E-state index is -4.43. The summed E-state index contributed by atoms with van der Waals surface area (Å²) in [5.41, 5.74) is -0.238. The molecule has 0 aliphatic heterocycles. The summed E-state index contributed by atoms with van der Waals surface area (Å²) in [6.45, 7) is 2.37. The first-order valence-corrected chi connectivity index (χ1v) is 7.91. The van der Waals surface area contributed by atoms with Gasteiger partial charge in [0.25, 0.3) is 5.91 Å². The van der Waals surface area contributed by atoms with Gasteiger partial charge in [-0.25, -0.2) is 0 Å². The molecule has 8 heteroatoms. The molecular weight excluding hydrogens is 359 g/mol. The Bertz CT molecular complexity index is 852. The highest BCUT2D eigenvalue weighted by Gasteiger charge is 2.29. The number of rotatable bonds is 6. The molecule has 0 radical (unpaired) electrons. The molecule has 0 aromatic heterocycles. The predicted molar refractivity (Wildman–Crippen MR) is 95.0 cm³/mol. The zero-order chi connectivity index (χ0) is 19.9. The first kappa shape index (κ1) is 19.8. The summed E-state index contributed by atoms with van der Waals surface area (Å²) in [5, 5.41) is 14.3. The number of nitrogens with zero attached hydrogens (tertiary/aromatic N) is 1. The highest BCUT2D eigenvalue weighted by molar-refractivity contribution is 6.06. The number of nitriles is 1. The summed E-state index contributed by atoms with van der Waals surface area (Å²) >= 11 is 0. The van der Waals surface area contributed by atoms with Crippen molar-refractivity contribution >= 4 is 17.3 Å². The molecule has 2 aromatic carbocycles. The molecule has 0 saturated heterocycles. The molecule has 0 fully saturated rings. The molecule has 0 aliphatic rings. The molecule has 0 atom stereocenters. The summed E-state index contributed by atoms with van der Waals surface area (Å²) in [6, 6.07) is 12.6. The van der Waals surface area contributed by atoms with Crippen molar-refractivity contribution in [1.82, 2.24) is 0 Å². The number of carbonyl (C=O) groups excluding carboxylic acids is 1. The molecule has 0 spiro atoms. The van der Waals surface area contributed by atoms with Crippen molar-refractivity contribution in [1.29, 1.82) is 5.26 Å². The SMILES string of the molecule is CCOc1ccc(NC(=O)/C(C#N)=C\Nc2ccc(C(F)(F)F)cc2)cc1. The van der Waals surface area contributed by atoms with E-state index in [2.05, 4.69) is 10.6 Å². The molecule has 0 heterocycles. The fraction of sp³-hybridized carbons (Fsp3) is 0.158. The van der Waals surface area contributed by atoms with Gasteiger partial charge < -0.3 is 15.4 Å². The van der Waals surface area contributed by atoms with Crippen LogP contribution in [0.1, 0.15) is 12.5 Å². The zero-order valence-corrected chi connectivity index (χ0v) is 14.3. The number of anilines is 2. The second-order valence-electron chi connectivity index (χ2n) is 5.30. The van der Waals surface area contributed by atoms with Gasteiger partial charge in [-0.3, -0.25) is 4.79 Å². The van der Waals surface area contributed by atoms with Gasteiger partial charge in [0.15, 0.2) is 0 Å². The normalized spacial score (nSPS) is 11.4. The maximum absolute atomic E-state index is 12.5. The highest BCUT2D eigenvalue weighted by atomic mass is 19.4. The Hall–Kier alpha value is -3.47. The Morgan fingerprint density at radius 2 is 1.70 bits per heavy atom. The third kappa shape index (κ3) is 5.78. The highest BCUT2D eigenvalue weighted by Crippen LogP contribution is 2.29. The van der Waals surface area contributed by atoms with E-state index in [9.17, 15) is 18.0 Å². The largest absolute Gasteiger partial charge is 0.494 e. The lowest BCUT2D eigenvalue weighted by Crippen LogP contribution is -2.14. The molecular formula is C19H16F3N3O2. The third-order valence-corrected chi connectivity index (χ3v) is 3.38. The van der Waals surface area contributed by atoms with E-state index in [1.165, 1.54) is 12.1 Å². The van der Waals surface area contributed by atoms with Crippen molar-refractivity contribution < 1.29 is 22.7 Å². The lowest BCUT2D eigenvalue weighted by Gasteiger charge is -2.08. The number of hydrogen-bond acceptors (Lipinski definition) is 4. The Balaban J connectivity index is 2.02. The van der Waals surface area contributed by atoms with E-state index < -0.39 is 17.6 Å². The van der Waals surface area contributed by atoms with Gasteiger partial charge in [-0.15, -0.1) is 0 Å². The van der Waals surface area contributed by atoms with E-state index in [4.69, 9.17) is 10.00 Å². The lowest BCUT2D eigenvalue weighted by molar-refractivity contribution is -0.137. The van der Waals surface area contributed by atoms with Crippen LogP contribution in [0, 0.1) is 11.3 Å². The third-order valence-electron chi connectivity index (χ3n) is 3.38. The summed E-state index contributed by atoms with van der Waals surface area (Å²) in [7, 11) is 0. The molecule has 140 valence electrons. The number of carbonyl (C=O) groups is 1. The molecule has 0 bridgehead atoms. The maximum Gasteiger partial charge on any atom is 0.416 e. The van der Waals surface area contributed by atoms with Crippen LogP contribution in [0.4, 0.5) is 24.5 Å². The van der Waals surface area contributed by atoms with Crippen LogP contribution in [0.25, 0.3) is 0 Å². The van der Waals surface area contributed by atoms with Crippen molar-refractivity contribution in [3.8, 4) is 11.8 Å². The van der Waals surface area contributed by atoms with Crippen molar-refractivity contribution in [2.45, 2.75) is 13.1 Å². The minimum absolute atomic E-state index is 0.233. The molecule has 2 aromatic rings. The lowest BCUT2D eigenvalue weighted by atomic mass is 10.2. The summed E-state index contributed by atoms with van der Waals surface area (Å²) in [5.74, 6) is -0.00316. The van der Waals surface area contributed by atoms with Crippen LogP contribution in [0.5, 0.6) is 5.75 Å². The van der Waals surface area contributed by atoms with Gasteiger partial charge in [0.2, 0.25) is 0 Å². The summed E-state index contributed by atoms with van der Waals surface area (Å²) in [6.07, 6.45) is -3.30. The van der Waals surface area contributed by atoms with Gasteiger partial charge in [-0.05, 0) is 55.5 Å². The Morgan fingerprint density at radius 3 is 2.22 bits per heavy atom. The molecule has 5 nitrogen and oxygen atoms in total. The predicted octanol–water partition coefficient (Wildman–Crippen LogP) is 4.56. The number of halogens is 3. The van der Waals surface area contributed by atoms with E-state index in [0.29, 0.717) is 23.7 Å². The number of amides is 1. The van der Waals surface area contributed by atoms with Crippen molar-refractivity contribution in [3.05, 3.63) is 65.9 Å². The number of hydrogen-bond donors (Lipinski definition) is 2. The quantitative estimate of drug-likeness (QED) is 0.573. The van der Waals surface area contributed by atoms with Crippen LogP contribution in [0.3, 0.4) is 0 Å². The van der Waals surface area contributed by atoms with Crippen LogP contribution in [0.15, 0.2) is 60.3 Å². The van der Waals surface area contributed by atoms with Gasteiger partial charge in [0.05, 0.1) is 12.2 Å². The molecule has 0 unspecified atom stereocenters. The molecule has 2 rings (SSSR count). The van der Waals surface area contributed by atoms with E-state index in [1.807, 2.05) is 6.92 Å². The van der Waals surface area contributed by atoms with Crippen molar-refractivity contribution in [2.24, 2.45) is 0 Å². The number of benzene rings is 2. The van der Waals surface area contributed by atoms with E-state index in [0.717, 1.165) is 18.3 Å². The topological polar surface area (TPSA) is 74.1 Å². The van der Waals surface area contributed by atoms with Gasteiger partial charge in [0.1, 0.15) is 17.4 Å². The average molecular weight is 375 g/mol. The van der Waals surface area contributed by atoms with E-state index >= 15 is 0 Å².